The van der Waals surface area contributed by atoms with E-state index in [-0.39, 0.29) is 17.4 Å². The van der Waals surface area contributed by atoms with E-state index >= 15 is 0 Å². The summed E-state index contributed by atoms with van der Waals surface area (Å²) in [5, 5.41) is 8.53. The van der Waals surface area contributed by atoms with Crippen LogP contribution in [0.2, 0.25) is 0 Å². The number of aromatic nitrogens is 6. The molecular formula is C24H26N8O3S. The molecule has 11 nitrogen and oxygen atoms in total. The Morgan fingerprint density at radius 3 is 2.56 bits per heavy atom. The Labute approximate surface area is 209 Å². The number of methoxy groups -OCH3 is 1. The van der Waals surface area contributed by atoms with Crippen LogP contribution in [0.4, 0.5) is 5.82 Å². The van der Waals surface area contributed by atoms with Crippen LogP contribution in [0.15, 0.2) is 46.5 Å². The van der Waals surface area contributed by atoms with Crippen LogP contribution in [-0.4, -0.2) is 40.8 Å². The Morgan fingerprint density at radius 1 is 1.17 bits per heavy atom. The number of hydrogen-bond acceptors (Lipinski definition) is 9. The molecule has 1 atom stereocenters. The zero-order chi connectivity index (χ0) is 25.4. The summed E-state index contributed by atoms with van der Waals surface area (Å²) in [6, 6.07) is 6.82. The highest BCUT2D eigenvalue weighted by Gasteiger charge is 2.31. The molecule has 1 saturated carbocycles. The number of nitrogens with two attached hydrogens (primary N) is 1. The van der Waals surface area contributed by atoms with Crippen molar-refractivity contribution in [1.29, 1.82) is 0 Å². The molecule has 1 aliphatic rings. The molecule has 1 fully saturated rings. The van der Waals surface area contributed by atoms with Crippen molar-refractivity contribution in [2.75, 3.05) is 12.4 Å². The number of nitrogens with one attached hydrogen (secondary N) is 1. The van der Waals surface area contributed by atoms with E-state index in [1.807, 2.05) is 13.8 Å². The molecule has 0 amide bonds. The largest absolute Gasteiger partial charge is 0.480 e. The van der Waals surface area contributed by atoms with Crippen molar-refractivity contribution in [3.63, 3.8) is 0 Å². The molecule has 1 aromatic carbocycles. The number of ether oxygens (including phenoxy) is 1. The van der Waals surface area contributed by atoms with Crippen LogP contribution in [0, 0.1) is 0 Å². The number of benzene rings is 1. The maximum absolute atomic E-state index is 13.4. The average molecular weight is 507 g/mol. The summed E-state index contributed by atoms with van der Waals surface area (Å²) in [6.07, 6.45) is 5.18. The van der Waals surface area contributed by atoms with Crippen LogP contribution in [0.1, 0.15) is 49.9 Å². The number of rotatable bonds is 8. The van der Waals surface area contributed by atoms with E-state index in [0.29, 0.717) is 45.8 Å². The second-order valence-corrected chi connectivity index (χ2v) is 9.91. The maximum Gasteiger partial charge on any atom is 0.295 e. The van der Waals surface area contributed by atoms with Crippen LogP contribution >= 0.6 is 0 Å². The Bertz CT molecular complexity index is 1520. The molecule has 1 unspecified atom stereocenters. The number of nitrogens with zero attached hydrogens (tertiary/aromatic N) is 6. The van der Waals surface area contributed by atoms with E-state index in [1.165, 1.54) is 6.33 Å². The van der Waals surface area contributed by atoms with E-state index in [0.717, 1.165) is 24.1 Å². The standard InChI is InChI=1S/C24H26N8O3S/c1-13(2)32-22-17(30-21(24(32)33)26-10-14-4-8-16(9-5-14)36(25)34)11-27-20(31-22)18-19(15-6-7-15)28-12-29-23(18)35-3/h4-5,8-9,11-13,15H,6-7,10,25H2,1-3H3,(H,26,30). The first-order valence-corrected chi connectivity index (χ1v) is 12.8. The van der Waals surface area contributed by atoms with Crippen molar-refractivity contribution in [1.82, 2.24) is 29.5 Å². The molecule has 36 heavy (non-hydrogen) atoms. The summed E-state index contributed by atoms with van der Waals surface area (Å²) in [7, 11) is 0.0120. The second kappa shape index (κ2) is 9.70. The van der Waals surface area contributed by atoms with Gasteiger partial charge >= 0.3 is 0 Å². The zero-order valence-electron chi connectivity index (χ0n) is 20.1. The minimum Gasteiger partial charge on any atom is -0.480 e. The van der Waals surface area contributed by atoms with E-state index in [1.54, 1.807) is 42.1 Å². The molecule has 186 valence electrons. The molecule has 4 aromatic rings. The van der Waals surface area contributed by atoms with Crippen LogP contribution < -0.4 is 20.8 Å². The summed E-state index contributed by atoms with van der Waals surface area (Å²) in [5.74, 6) is 1.32. The highest BCUT2D eigenvalue weighted by atomic mass is 32.2. The molecule has 3 heterocycles. The Morgan fingerprint density at radius 2 is 1.92 bits per heavy atom. The van der Waals surface area contributed by atoms with Gasteiger partial charge in [-0.3, -0.25) is 9.36 Å². The molecule has 3 aromatic heterocycles. The molecule has 0 spiro atoms. The minimum atomic E-state index is -1.54. The van der Waals surface area contributed by atoms with Crippen LogP contribution in [0.3, 0.4) is 0 Å². The van der Waals surface area contributed by atoms with Gasteiger partial charge in [-0.1, -0.05) is 12.1 Å². The first-order chi connectivity index (χ1) is 17.4. The lowest BCUT2D eigenvalue weighted by molar-refractivity contribution is 0.397. The fraction of sp³-hybridized carbons (Fsp3) is 0.333. The average Bonchev–Trinajstić information content (AvgIpc) is 3.72. The Balaban J connectivity index is 1.55. The maximum atomic E-state index is 13.4. The van der Waals surface area contributed by atoms with Crippen molar-refractivity contribution in [3.05, 3.63) is 58.4 Å². The van der Waals surface area contributed by atoms with Crippen LogP contribution in [0.25, 0.3) is 22.6 Å². The van der Waals surface area contributed by atoms with Gasteiger partial charge in [0, 0.05) is 18.5 Å². The number of hydrogen-bond donors (Lipinski definition) is 2. The van der Waals surface area contributed by atoms with Gasteiger partial charge in [0.2, 0.25) is 5.88 Å². The lowest BCUT2D eigenvalue weighted by atomic mass is 10.1. The molecule has 12 heteroatoms. The SMILES string of the molecule is COc1ncnc(C2CC2)c1-c1ncc2nc(NCc3ccc(S(N)=O)cc3)c(=O)n(C(C)C)c2n1. The van der Waals surface area contributed by atoms with Gasteiger partial charge in [-0.05, 0) is 44.4 Å². The third kappa shape index (κ3) is 4.56. The second-order valence-electron chi connectivity index (χ2n) is 8.84. The van der Waals surface area contributed by atoms with E-state index in [4.69, 9.17) is 14.9 Å². The molecule has 0 bridgehead atoms. The predicted octanol–water partition coefficient (Wildman–Crippen LogP) is 2.70. The quantitative estimate of drug-likeness (QED) is 0.367. The highest BCUT2D eigenvalue weighted by molar-refractivity contribution is 7.82. The van der Waals surface area contributed by atoms with Crippen molar-refractivity contribution in [2.24, 2.45) is 5.14 Å². The van der Waals surface area contributed by atoms with Crippen molar-refractivity contribution in [2.45, 2.75) is 50.1 Å². The summed E-state index contributed by atoms with van der Waals surface area (Å²) >= 11 is 0. The molecule has 1 aliphatic carbocycles. The molecule has 0 aliphatic heterocycles. The minimum absolute atomic E-state index is 0.179. The lowest BCUT2D eigenvalue weighted by Gasteiger charge is -2.16. The van der Waals surface area contributed by atoms with Gasteiger partial charge in [-0.25, -0.2) is 34.3 Å². The third-order valence-electron chi connectivity index (χ3n) is 5.99. The first-order valence-electron chi connectivity index (χ1n) is 11.5. The Hall–Kier alpha value is -3.77. The van der Waals surface area contributed by atoms with E-state index < -0.39 is 11.0 Å². The molecule has 0 saturated heterocycles. The fourth-order valence-electron chi connectivity index (χ4n) is 4.06. The fourth-order valence-corrected chi connectivity index (χ4v) is 4.46. The summed E-state index contributed by atoms with van der Waals surface area (Å²) < 4.78 is 18.5. The van der Waals surface area contributed by atoms with Crippen molar-refractivity contribution >= 4 is 28.0 Å². The number of anilines is 1. The van der Waals surface area contributed by atoms with Crippen LogP contribution in [-0.2, 0) is 17.5 Å². The third-order valence-corrected chi connectivity index (χ3v) is 6.72. The van der Waals surface area contributed by atoms with Gasteiger partial charge in [0.15, 0.2) is 17.3 Å². The lowest BCUT2D eigenvalue weighted by Crippen LogP contribution is -2.27. The van der Waals surface area contributed by atoms with Crippen LogP contribution in [0.5, 0.6) is 5.88 Å². The molecular weight excluding hydrogens is 480 g/mol. The number of fused-ring (bicyclic) bond motifs is 1. The van der Waals surface area contributed by atoms with Gasteiger partial charge in [0.25, 0.3) is 5.56 Å². The first kappa shape index (κ1) is 23.9. The normalized spacial score (nSPS) is 14.2. The highest BCUT2D eigenvalue weighted by Crippen LogP contribution is 2.44. The van der Waals surface area contributed by atoms with Gasteiger partial charge in [0.1, 0.15) is 28.4 Å². The molecule has 5 rings (SSSR count). The van der Waals surface area contributed by atoms with E-state index in [9.17, 15) is 9.00 Å². The summed E-state index contributed by atoms with van der Waals surface area (Å²) in [5.41, 5.74) is 3.00. The predicted molar refractivity (Wildman–Crippen MR) is 136 cm³/mol. The smallest absolute Gasteiger partial charge is 0.295 e. The van der Waals surface area contributed by atoms with E-state index in [2.05, 4.69) is 25.3 Å². The zero-order valence-corrected chi connectivity index (χ0v) is 21.0. The Kier molecular flexibility index (Phi) is 6.46. The topological polar surface area (TPSA) is 151 Å². The van der Waals surface area contributed by atoms with Gasteiger partial charge in [-0.2, -0.15) is 0 Å². The van der Waals surface area contributed by atoms with Gasteiger partial charge in [-0.15, -0.1) is 0 Å². The van der Waals surface area contributed by atoms with Gasteiger partial charge < -0.3 is 10.1 Å². The summed E-state index contributed by atoms with van der Waals surface area (Å²) in [6.45, 7) is 4.19. The molecule has 3 N–H and O–H groups in total. The summed E-state index contributed by atoms with van der Waals surface area (Å²) in [4.78, 5) is 36.5. The van der Waals surface area contributed by atoms with Crippen molar-refractivity contribution in [3.8, 4) is 17.3 Å². The molecule has 0 radical (unpaired) electrons. The van der Waals surface area contributed by atoms with Gasteiger partial charge in [0.05, 0.1) is 23.9 Å². The monoisotopic (exact) mass is 506 g/mol. The van der Waals surface area contributed by atoms with Crippen molar-refractivity contribution < 1.29 is 8.95 Å².